The van der Waals surface area contributed by atoms with Crippen LogP contribution in [0.3, 0.4) is 0 Å². The number of anilines is 2. The van der Waals surface area contributed by atoms with E-state index in [1.807, 2.05) is 24.3 Å². The largest absolute Gasteiger partial charge is 0.497 e. The van der Waals surface area contributed by atoms with Crippen LogP contribution in [0.5, 0.6) is 11.5 Å². The van der Waals surface area contributed by atoms with Crippen molar-refractivity contribution in [3.05, 3.63) is 71.0 Å². The van der Waals surface area contributed by atoms with E-state index in [0.717, 1.165) is 11.3 Å². The lowest BCUT2D eigenvalue weighted by Crippen LogP contribution is -2.24. The van der Waals surface area contributed by atoms with Crippen molar-refractivity contribution in [1.82, 2.24) is 15.3 Å². The number of rotatable bonds is 7. The fourth-order valence-corrected chi connectivity index (χ4v) is 2.63. The van der Waals surface area contributed by atoms with Crippen molar-refractivity contribution in [2.24, 2.45) is 0 Å². The number of carbonyl (C=O) groups excluding carboxylic acids is 1. The average Bonchev–Trinajstić information content (AvgIpc) is 2.73. The Bertz CT molecular complexity index is 964. The van der Waals surface area contributed by atoms with E-state index in [2.05, 4.69) is 20.6 Å². The second kappa shape index (κ2) is 9.05. The molecule has 2 N–H and O–H groups in total. The molecule has 28 heavy (non-hydrogen) atoms. The molecule has 0 bridgehead atoms. The van der Waals surface area contributed by atoms with Crippen molar-refractivity contribution in [2.45, 2.75) is 6.54 Å². The van der Waals surface area contributed by atoms with Gasteiger partial charge >= 0.3 is 0 Å². The maximum Gasteiger partial charge on any atom is 0.270 e. The van der Waals surface area contributed by atoms with Gasteiger partial charge in [-0.2, -0.15) is 0 Å². The first-order valence-corrected chi connectivity index (χ1v) is 8.81. The van der Waals surface area contributed by atoms with Gasteiger partial charge in [-0.25, -0.2) is 9.97 Å². The van der Waals surface area contributed by atoms with Gasteiger partial charge in [0.15, 0.2) is 0 Å². The second-order valence-corrected chi connectivity index (χ2v) is 6.20. The normalized spacial score (nSPS) is 10.2. The molecule has 0 aliphatic heterocycles. The van der Waals surface area contributed by atoms with Gasteiger partial charge < -0.3 is 20.1 Å². The van der Waals surface area contributed by atoms with Crippen LogP contribution in [-0.2, 0) is 6.54 Å². The van der Waals surface area contributed by atoms with Gasteiger partial charge in [0.2, 0.25) is 5.95 Å². The molecule has 8 heteroatoms. The summed E-state index contributed by atoms with van der Waals surface area (Å²) < 4.78 is 10.4. The Balaban J connectivity index is 1.68. The second-order valence-electron chi connectivity index (χ2n) is 5.77. The van der Waals surface area contributed by atoms with E-state index >= 15 is 0 Å². The van der Waals surface area contributed by atoms with Gasteiger partial charge in [0.25, 0.3) is 5.91 Å². The molecule has 0 saturated carbocycles. The summed E-state index contributed by atoms with van der Waals surface area (Å²) in [4.78, 5) is 20.8. The van der Waals surface area contributed by atoms with Gasteiger partial charge in [-0.1, -0.05) is 23.7 Å². The molecule has 0 aliphatic carbocycles. The maximum absolute atomic E-state index is 12.4. The number of carbonyl (C=O) groups is 1. The monoisotopic (exact) mass is 398 g/mol. The van der Waals surface area contributed by atoms with Crippen molar-refractivity contribution in [3.63, 3.8) is 0 Å². The van der Waals surface area contributed by atoms with Crippen LogP contribution in [0.4, 0.5) is 11.6 Å². The summed E-state index contributed by atoms with van der Waals surface area (Å²) in [5, 5.41) is 6.39. The van der Waals surface area contributed by atoms with Gasteiger partial charge in [-0.05, 0) is 42.0 Å². The Morgan fingerprint density at radius 1 is 1.07 bits per heavy atom. The zero-order valence-electron chi connectivity index (χ0n) is 15.4. The van der Waals surface area contributed by atoms with Crippen LogP contribution in [0.25, 0.3) is 0 Å². The van der Waals surface area contributed by atoms with E-state index in [0.29, 0.717) is 23.0 Å². The molecule has 3 rings (SSSR count). The molecule has 2 aromatic carbocycles. The molecule has 0 radical (unpaired) electrons. The molecular formula is C20H19ClN4O3. The SMILES string of the molecule is COc1ccc(CNC(=O)c2ccnc(Nc3cc(Cl)ccc3OC)n2)cc1. The van der Waals surface area contributed by atoms with E-state index < -0.39 is 0 Å². The third kappa shape index (κ3) is 4.89. The number of aromatic nitrogens is 2. The number of amides is 1. The summed E-state index contributed by atoms with van der Waals surface area (Å²) in [5.74, 6) is 1.30. The number of hydrogen-bond acceptors (Lipinski definition) is 6. The molecule has 0 aliphatic rings. The topological polar surface area (TPSA) is 85.4 Å². The molecule has 144 valence electrons. The Morgan fingerprint density at radius 3 is 2.57 bits per heavy atom. The van der Waals surface area contributed by atoms with Gasteiger partial charge in [0.05, 0.1) is 19.9 Å². The Morgan fingerprint density at radius 2 is 1.86 bits per heavy atom. The van der Waals surface area contributed by atoms with Crippen LogP contribution in [0.15, 0.2) is 54.7 Å². The number of hydrogen-bond donors (Lipinski definition) is 2. The van der Waals surface area contributed by atoms with Gasteiger partial charge in [-0.3, -0.25) is 4.79 Å². The summed E-state index contributed by atoms with van der Waals surface area (Å²) in [6, 6.07) is 14.1. The molecule has 1 aromatic heterocycles. The van der Waals surface area contributed by atoms with Gasteiger partial charge in [0.1, 0.15) is 17.2 Å². The molecule has 1 amide bonds. The highest BCUT2D eigenvalue weighted by Gasteiger charge is 2.11. The van der Waals surface area contributed by atoms with Crippen LogP contribution in [0.2, 0.25) is 5.02 Å². The molecule has 3 aromatic rings. The first-order valence-electron chi connectivity index (χ1n) is 8.44. The average molecular weight is 399 g/mol. The minimum atomic E-state index is -0.306. The fraction of sp³-hybridized carbons (Fsp3) is 0.150. The number of ether oxygens (including phenoxy) is 2. The Labute approximate surface area is 167 Å². The van der Waals surface area contributed by atoms with E-state index in [-0.39, 0.29) is 17.5 Å². The van der Waals surface area contributed by atoms with Crippen molar-refractivity contribution in [1.29, 1.82) is 0 Å². The highest BCUT2D eigenvalue weighted by atomic mass is 35.5. The quantitative estimate of drug-likeness (QED) is 0.629. The zero-order valence-corrected chi connectivity index (χ0v) is 16.2. The summed E-state index contributed by atoms with van der Waals surface area (Å²) in [5.41, 5.74) is 1.79. The number of benzene rings is 2. The summed E-state index contributed by atoms with van der Waals surface area (Å²) in [6.45, 7) is 0.373. The first kappa shape index (κ1) is 19.4. The van der Waals surface area contributed by atoms with Crippen LogP contribution >= 0.6 is 11.6 Å². The highest BCUT2D eigenvalue weighted by molar-refractivity contribution is 6.31. The lowest BCUT2D eigenvalue weighted by atomic mass is 10.2. The molecule has 1 heterocycles. The first-order chi connectivity index (χ1) is 13.6. The third-order valence-electron chi connectivity index (χ3n) is 3.91. The highest BCUT2D eigenvalue weighted by Crippen LogP contribution is 2.29. The minimum absolute atomic E-state index is 0.243. The van der Waals surface area contributed by atoms with Crippen LogP contribution in [0.1, 0.15) is 16.1 Å². The predicted molar refractivity (Wildman–Crippen MR) is 107 cm³/mol. The molecule has 7 nitrogen and oxygen atoms in total. The van der Waals surface area contributed by atoms with Gasteiger partial charge in [0, 0.05) is 17.8 Å². The lowest BCUT2D eigenvalue weighted by molar-refractivity contribution is 0.0946. The van der Waals surface area contributed by atoms with E-state index in [4.69, 9.17) is 21.1 Å². The maximum atomic E-state index is 12.4. The van der Waals surface area contributed by atoms with Crippen LogP contribution < -0.4 is 20.1 Å². The summed E-state index contributed by atoms with van der Waals surface area (Å²) in [7, 11) is 3.16. The summed E-state index contributed by atoms with van der Waals surface area (Å²) in [6.07, 6.45) is 1.51. The van der Waals surface area contributed by atoms with Crippen molar-refractivity contribution in [2.75, 3.05) is 19.5 Å². The molecule has 0 fully saturated rings. The standard InChI is InChI=1S/C20H19ClN4O3/c1-27-15-6-3-13(4-7-15)12-23-19(26)16-9-10-22-20(24-16)25-17-11-14(21)5-8-18(17)28-2/h3-11H,12H2,1-2H3,(H,23,26)(H,22,24,25). The molecular weight excluding hydrogens is 380 g/mol. The Kier molecular flexibility index (Phi) is 6.29. The van der Waals surface area contributed by atoms with E-state index in [1.165, 1.54) is 6.20 Å². The Hall–Kier alpha value is -3.32. The fourth-order valence-electron chi connectivity index (χ4n) is 2.46. The van der Waals surface area contributed by atoms with E-state index in [9.17, 15) is 4.79 Å². The molecule has 0 atom stereocenters. The third-order valence-corrected chi connectivity index (χ3v) is 4.14. The smallest absolute Gasteiger partial charge is 0.270 e. The van der Waals surface area contributed by atoms with Gasteiger partial charge in [-0.15, -0.1) is 0 Å². The molecule has 0 saturated heterocycles. The number of halogens is 1. The number of nitrogens with one attached hydrogen (secondary N) is 2. The molecule has 0 spiro atoms. The number of nitrogens with zero attached hydrogens (tertiary/aromatic N) is 2. The zero-order chi connectivity index (χ0) is 19.9. The van der Waals surface area contributed by atoms with Crippen LogP contribution in [-0.4, -0.2) is 30.1 Å². The van der Waals surface area contributed by atoms with E-state index in [1.54, 1.807) is 38.5 Å². The van der Waals surface area contributed by atoms with Crippen LogP contribution in [0, 0.1) is 0 Å². The summed E-state index contributed by atoms with van der Waals surface area (Å²) >= 11 is 6.03. The number of methoxy groups -OCH3 is 2. The van der Waals surface area contributed by atoms with Crippen molar-refractivity contribution >= 4 is 29.1 Å². The molecule has 0 unspecified atom stereocenters. The van der Waals surface area contributed by atoms with Crippen molar-refractivity contribution < 1.29 is 14.3 Å². The predicted octanol–water partition coefficient (Wildman–Crippen LogP) is 3.82. The minimum Gasteiger partial charge on any atom is -0.497 e. The van der Waals surface area contributed by atoms with Crippen molar-refractivity contribution in [3.8, 4) is 11.5 Å². The lowest BCUT2D eigenvalue weighted by Gasteiger charge is -2.11.